The quantitative estimate of drug-likeness (QED) is 0.195. The number of hydrogen-bond donors (Lipinski definition) is 1. The zero-order valence-electron chi connectivity index (χ0n) is 27.0. The molecule has 1 N–H and O–H groups in total. The van der Waals surface area contributed by atoms with Crippen molar-refractivity contribution in [2.24, 2.45) is 7.05 Å². The summed E-state index contributed by atoms with van der Waals surface area (Å²) in [5.41, 5.74) is 0.204. The molecule has 2 amide bonds. The second-order valence-electron chi connectivity index (χ2n) is 12.3. The Kier molecular flexibility index (Phi) is 8.71. The Balaban J connectivity index is 1.59. The Bertz CT molecular complexity index is 2320. The minimum atomic E-state index is -0.667. The van der Waals surface area contributed by atoms with Gasteiger partial charge in [0, 0.05) is 34.7 Å². The van der Waals surface area contributed by atoms with E-state index in [1.54, 1.807) is 36.4 Å². The van der Waals surface area contributed by atoms with Gasteiger partial charge in [-0.3, -0.25) is 32.9 Å². The van der Waals surface area contributed by atoms with E-state index in [2.05, 4.69) is 5.32 Å². The monoisotopic (exact) mass is 761 g/mol. The summed E-state index contributed by atoms with van der Waals surface area (Å²) in [4.78, 5) is 69.7. The topological polar surface area (TPSA) is 115 Å². The number of benzene rings is 3. The number of nitrogens with one attached hydrogen (secondary N) is 1. The van der Waals surface area contributed by atoms with Gasteiger partial charge in [0.05, 0.1) is 22.6 Å². The molecule has 10 nitrogen and oxygen atoms in total. The fourth-order valence-electron chi connectivity index (χ4n) is 5.93. The van der Waals surface area contributed by atoms with E-state index in [4.69, 9.17) is 0 Å². The largest absolute Gasteiger partial charge is 0.338 e. The van der Waals surface area contributed by atoms with E-state index in [1.807, 2.05) is 48.6 Å². The molecular weight excluding hydrogens is 728 g/mol. The molecule has 5 aromatic rings. The van der Waals surface area contributed by atoms with Crippen LogP contribution in [0.1, 0.15) is 67.1 Å². The third kappa shape index (κ3) is 5.78. The number of amides is 2. The van der Waals surface area contributed by atoms with Gasteiger partial charge in [0.2, 0.25) is 5.91 Å². The van der Waals surface area contributed by atoms with Crippen LogP contribution in [-0.4, -0.2) is 25.5 Å². The van der Waals surface area contributed by atoms with Crippen LogP contribution in [0.3, 0.4) is 0 Å². The van der Waals surface area contributed by atoms with Gasteiger partial charge in [-0.15, -0.1) is 0 Å². The maximum Gasteiger partial charge on any atom is 0.336 e. The van der Waals surface area contributed by atoms with Crippen molar-refractivity contribution in [2.45, 2.75) is 52.5 Å². The molecule has 1 fully saturated rings. The molecule has 3 aromatic carbocycles. The summed E-state index contributed by atoms with van der Waals surface area (Å²) >= 11 is 1.98. The number of pyridine rings is 1. The highest BCUT2D eigenvalue weighted by Gasteiger charge is 2.32. The molecule has 0 atom stereocenters. The first-order valence-corrected chi connectivity index (χ1v) is 16.6. The van der Waals surface area contributed by atoms with Crippen LogP contribution in [0.4, 0.5) is 21.6 Å². The Hall–Kier alpha value is -4.85. The van der Waals surface area contributed by atoms with Crippen molar-refractivity contribution in [1.29, 1.82) is 0 Å². The molecule has 0 bridgehead atoms. The lowest BCUT2D eigenvalue weighted by molar-refractivity contribution is -0.115. The number of aromatic nitrogens is 3. The van der Waals surface area contributed by atoms with Crippen molar-refractivity contribution in [1.82, 2.24) is 13.7 Å². The van der Waals surface area contributed by atoms with Crippen LogP contribution in [0.5, 0.6) is 0 Å². The molecule has 0 saturated heterocycles. The third-order valence-electron chi connectivity index (χ3n) is 8.63. The van der Waals surface area contributed by atoms with Crippen molar-refractivity contribution >= 4 is 62.5 Å². The lowest BCUT2D eigenvalue weighted by Gasteiger charge is -2.23. The average molecular weight is 762 g/mol. The highest BCUT2D eigenvalue weighted by atomic mass is 127. The number of halogens is 2. The minimum absolute atomic E-state index is 0.0224. The molecule has 12 heteroatoms. The zero-order valence-corrected chi connectivity index (χ0v) is 29.2. The smallest absolute Gasteiger partial charge is 0.336 e. The van der Waals surface area contributed by atoms with Gasteiger partial charge in [-0.2, -0.15) is 0 Å². The predicted molar refractivity (Wildman–Crippen MR) is 192 cm³/mol. The highest BCUT2D eigenvalue weighted by Crippen LogP contribution is 2.34. The van der Waals surface area contributed by atoms with Gasteiger partial charge >= 0.3 is 5.69 Å². The molecule has 0 spiro atoms. The van der Waals surface area contributed by atoms with E-state index in [0.29, 0.717) is 22.0 Å². The van der Waals surface area contributed by atoms with Gasteiger partial charge in [0.1, 0.15) is 17.0 Å². The molecule has 0 aliphatic heterocycles. The normalized spacial score (nSPS) is 12.8. The second-order valence-corrected chi connectivity index (χ2v) is 13.5. The number of imide groups is 1. The summed E-state index contributed by atoms with van der Waals surface area (Å²) in [5, 5.41) is 2.97. The Morgan fingerprint density at radius 2 is 1.67 bits per heavy atom. The molecule has 2 heterocycles. The fraction of sp³-hybridized carbons (Fsp3) is 0.250. The first-order chi connectivity index (χ1) is 22.8. The van der Waals surface area contributed by atoms with E-state index in [0.717, 1.165) is 10.5 Å². The standard InChI is InChI=1S/C36H33FIN5O5/c1-19(2)22-9-11-23(12-10-22)34(46)41(21(4)44)26-7-6-8-27(18-26)42-31-20(3)33(45)40(5)32(39-29-16-13-24(38)17-28(29)37)30(31)35(47)43(36(42)48)25-14-15-25/h6-13,16-19,25,39H,14-15H2,1-5H3. The molecule has 2 aromatic heterocycles. The van der Waals surface area contributed by atoms with Crippen molar-refractivity contribution in [3.63, 3.8) is 0 Å². The molecule has 1 saturated carbocycles. The van der Waals surface area contributed by atoms with Gasteiger partial charge in [-0.1, -0.05) is 32.0 Å². The third-order valence-corrected chi connectivity index (χ3v) is 9.30. The average Bonchev–Trinajstić information content (AvgIpc) is 3.88. The van der Waals surface area contributed by atoms with Gasteiger partial charge in [-0.25, -0.2) is 14.1 Å². The van der Waals surface area contributed by atoms with Crippen LogP contribution in [0, 0.1) is 16.3 Å². The van der Waals surface area contributed by atoms with Gasteiger partial charge in [0.25, 0.3) is 17.0 Å². The van der Waals surface area contributed by atoms with Crippen LogP contribution >= 0.6 is 22.6 Å². The number of fused-ring (bicyclic) bond motifs is 1. The van der Waals surface area contributed by atoms with Gasteiger partial charge in [0.15, 0.2) is 0 Å². The number of nitrogens with zero attached hydrogens (tertiary/aromatic N) is 4. The maximum absolute atomic E-state index is 15.0. The lowest BCUT2D eigenvalue weighted by atomic mass is 10.0. The van der Waals surface area contributed by atoms with Crippen LogP contribution < -0.4 is 27.0 Å². The maximum atomic E-state index is 15.0. The SMILES string of the molecule is CC(=O)N(C(=O)c1ccc(C(C)C)cc1)c1cccc(-n2c(=O)n(C3CC3)c(=O)c3c(Nc4ccc(I)cc4F)n(C)c(=O)c(C)c32)c1. The van der Waals surface area contributed by atoms with Crippen molar-refractivity contribution in [3.8, 4) is 5.69 Å². The summed E-state index contributed by atoms with van der Waals surface area (Å²) in [6, 6.07) is 17.5. The lowest BCUT2D eigenvalue weighted by Crippen LogP contribution is -2.41. The summed E-state index contributed by atoms with van der Waals surface area (Å²) < 4.78 is 19.4. The number of carbonyl (C=O) groups excluding carboxylic acids is 2. The number of aryl methyl sites for hydroxylation is 1. The zero-order chi connectivity index (χ0) is 34.6. The van der Waals surface area contributed by atoms with E-state index < -0.39 is 34.4 Å². The van der Waals surface area contributed by atoms with E-state index in [-0.39, 0.29) is 51.3 Å². The van der Waals surface area contributed by atoms with Crippen molar-refractivity contribution < 1.29 is 14.0 Å². The van der Waals surface area contributed by atoms with E-state index in [1.165, 1.54) is 52.8 Å². The minimum Gasteiger partial charge on any atom is -0.338 e. The van der Waals surface area contributed by atoms with Crippen molar-refractivity contribution in [2.75, 3.05) is 10.2 Å². The number of hydrogen-bond acceptors (Lipinski definition) is 6. The Morgan fingerprint density at radius 1 is 0.979 bits per heavy atom. The molecule has 246 valence electrons. The molecule has 6 rings (SSSR count). The summed E-state index contributed by atoms with van der Waals surface area (Å²) in [5.74, 6) is -1.39. The molecule has 1 aliphatic rings. The summed E-state index contributed by atoms with van der Waals surface area (Å²) in [6.45, 7) is 6.88. The highest BCUT2D eigenvalue weighted by molar-refractivity contribution is 14.1. The first-order valence-electron chi connectivity index (χ1n) is 15.5. The second kappa shape index (κ2) is 12.6. The summed E-state index contributed by atoms with van der Waals surface area (Å²) in [6.07, 6.45) is 1.23. The van der Waals surface area contributed by atoms with Gasteiger partial charge < -0.3 is 5.32 Å². The molecular formula is C36H33FIN5O5. The van der Waals surface area contributed by atoms with Gasteiger partial charge in [-0.05, 0) is 102 Å². The molecule has 48 heavy (non-hydrogen) atoms. The van der Waals surface area contributed by atoms with Crippen LogP contribution in [0.2, 0.25) is 0 Å². The first kappa shape index (κ1) is 33.1. The van der Waals surface area contributed by atoms with Crippen molar-refractivity contribution in [3.05, 3.63) is 124 Å². The van der Waals surface area contributed by atoms with Crippen LogP contribution in [0.15, 0.2) is 81.1 Å². The predicted octanol–water partition coefficient (Wildman–Crippen LogP) is 6.30. The van der Waals surface area contributed by atoms with E-state index in [9.17, 15) is 24.0 Å². The fourth-order valence-corrected chi connectivity index (χ4v) is 6.38. The molecule has 0 unspecified atom stereocenters. The van der Waals surface area contributed by atoms with E-state index >= 15 is 4.39 Å². The molecule has 0 radical (unpaired) electrons. The number of carbonyl (C=O) groups is 2. The number of anilines is 3. The van der Waals surface area contributed by atoms with Crippen LogP contribution in [-0.2, 0) is 11.8 Å². The number of rotatable bonds is 7. The Morgan fingerprint density at radius 3 is 2.27 bits per heavy atom. The van der Waals surface area contributed by atoms with Crippen LogP contribution in [0.25, 0.3) is 16.6 Å². The molecule has 1 aliphatic carbocycles. The Labute approximate surface area is 288 Å². The summed E-state index contributed by atoms with van der Waals surface area (Å²) in [7, 11) is 1.47.